The van der Waals surface area contributed by atoms with Crippen molar-refractivity contribution in [1.29, 1.82) is 0 Å². The number of hydrogen-bond donors (Lipinski definition) is 2. The first-order valence-corrected chi connectivity index (χ1v) is 9.71. The van der Waals surface area contributed by atoms with Gasteiger partial charge in [0.2, 0.25) is 11.8 Å². The Morgan fingerprint density at radius 2 is 1.85 bits per heavy atom. The lowest BCUT2D eigenvalue weighted by Crippen LogP contribution is -2.51. The molecule has 3 atom stereocenters. The summed E-state index contributed by atoms with van der Waals surface area (Å²) in [6.45, 7) is 3.07. The Morgan fingerprint density at radius 3 is 2.62 bits per heavy atom. The van der Waals surface area contributed by atoms with Crippen LogP contribution in [0, 0.1) is 5.92 Å². The highest BCUT2D eigenvalue weighted by Gasteiger charge is 2.37. The summed E-state index contributed by atoms with van der Waals surface area (Å²) in [7, 11) is 0. The van der Waals surface area contributed by atoms with Crippen molar-refractivity contribution in [2.75, 3.05) is 26.2 Å². The largest absolute Gasteiger partial charge is 0.342 e. The highest BCUT2D eigenvalue weighted by Crippen LogP contribution is 2.25. The Hall–Kier alpha value is -1.99. The SMILES string of the molecule is O=C(C1CCCN(C(=O)C2CC(c3cccnc3)NN2)C1)N1CCCC1. The van der Waals surface area contributed by atoms with E-state index in [0.29, 0.717) is 13.0 Å². The second kappa shape index (κ2) is 7.72. The highest BCUT2D eigenvalue weighted by molar-refractivity contribution is 5.84. The first-order valence-electron chi connectivity index (χ1n) is 9.71. The summed E-state index contributed by atoms with van der Waals surface area (Å²) in [6, 6.07) is 3.77. The Kier molecular flexibility index (Phi) is 5.17. The van der Waals surface area contributed by atoms with Gasteiger partial charge in [0, 0.05) is 44.6 Å². The molecule has 3 fully saturated rings. The molecule has 4 heterocycles. The van der Waals surface area contributed by atoms with E-state index in [-0.39, 0.29) is 29.8 Å². The summed E-state index contributed by atoms with van der Waals surface area (Å²) in [4.78, 5) is 33.6. The molecule has 0 radical (unpaired) electrons. The molecule has 3 unspecified atom stereocenters. The Bertz CT molecular complexity index is 647. The summed E-state index contributed by atoms with van der Waals surface area (Å²) in [5.74, 6) is 0.308. The minimum Gasteiger partial charge on any atom is -0.342 e. The molecule has 26 heavy (non-hydrogen) atoms. The number of hydrogen-bond acceptors (Lipinski definition) is 5. The third-order valence-electron chi connectivity index (χ3n) is 5.79. The van der Waals surface area contributed by atoms with Gasteiger partial charge in [-0.3, -0.25) is 14.6 Å². The van der Waals surface area contributed by atoms with Crippen LogP contribution in [0.2, 0.25) is 0 Å². The van der Waals surface area contributed by atoms with Gasteiger partial charge in [-0.2, -0.15) is 0 Å². The van der Waals surface area contributed by atoms with Crippen molar-refractivity contribution in [2.45, 2.75) is 44.2 Å². The van der Waals surface area contributed by atoms with Crippen LogP contribution in [0.15, 0.2) is 24.5 Å². The van der Waals surface area contributed by atoms with Crippen molar-refractivity contribution in [2.24, 2.45) is 5.92 Å². The van der Waals surface area contributed by atoms with Crippen molar-refractivity contribution in [3.63, 3.8) is 0 Å². The van der Waals surface area contributed by atoms with Crippen molar-refractivity contribution in [3.8, 4) is 0 Å². The third-order valence-corrected chi connectivity index (χ3v) is 5.79. The van der Waals surface area contributed by atoms with Gasteiger partial charge in [-0.15, -0.1) is 0 Å². The molecule has 2 amide bonds. The van der Waals surface area contributed by atoms with E-state index < -0.39 is 0 Å². The molecule has 0 aliphatic carbocycles. The molecule has 7 heteroatoms. The zero-order valence-corrected chi connectivity index (χ0v) is 15.1. The molecule has 4 rings (SSSR count). The van der Waals surface area contributed by atoms with E-state index in [1.165, 1.54) is 0 Å². The zero-order chi connectivity index (χ0) is 17.9. The predicted octanol–water partition coefficient (Wildman–Crippen LogP) is 0.850. The Labute approximate surface area is 154 Å². The van der Waals surface area contributed by atoms with E-state index in [9.17, 15) is 9.59 Å². The van der Waals surface area contributed by atoms with Gasteiger partial charge in [-0.1, -0.05) is 6.07 Å². The number of nitrogens with zero attached hydrogens (tertiary/aromatic N) is 3. The number of piperidine rings is 1. The number of nitrogens with one attached hydrogen (secondary N) is 2. The number of carbonyl (C=O) groups excluding carboxylic acids is 2. The molecule has 2 N–H and O–H groups in total. The fourth-order valence-electron chi connectivity index (χ4n) is 4.31. The molecule has 7 nitrogen and oxygen atoms in total. The second-order valence-corrected chi connectivity index (χ2v) is 7.57. The van der Waals surface area contributed by atoms with Gasteiger partial charge in [-0.05, 0) is 43.7 Å². The molecule has 0 bridgehead atoms. The normalized spacial score (nSPS) is 29.2. The van der Waals surface area contributed by atoms with Crippen LogP contribution in [0.25, 0.3) is 0 Å². The molecule has 3 aliphatic rings. The number of aromatic nitrogens is 1. The van der Waals surface area contributed by atoms with Gasteiger partial charge < -0.3 is 9.80 Å². The van der Waals surface area contributed by atoms with Crippen molar-refractivity contribution >= 4 is 11.8 Å². The van der Waals surface area contributed by atoms with Crippen LogP contribution in [0.3, 0.4) is 0 Å². The maximum atomic E-state index is 12.9. The van der Waals surface area contributed by atoms with Crippen LogP contribution in [-0.4, -0.2) is 58.8 Å². The topological polar surface area (TPSA) is 77.6 Å². The Balaban J connectivity index is 1.35. The van der Waals surface area contributed by atoms with Gasteiger partial charge in [0.15, 0.2) is 0 Å². The van der Waals surface area contributed by atoms with Crippen LogP contribution >= 0.6 is 0 Å². The molecule has 140 valence electrons. The van der Waals surface area contributed by atoms with Crippen molar-refractivity contribution in [3.05, 3.63) is 30.1 Å². The smallest absolute Gasteiger partial charge is 0.241 e. The van der Waals surface area contributed by atoms with E-state index in [1.54, 1.807) is 6.20 Å². The van der Waals surface area contributed by atoms with Crippen LogP contribution in [0.5, 0.6) is 0 Å². The number of rotatable bonds is 3. The zero-order valence-electron chi connectivity index (χ0n) is 15.1. The first-order chi connectivity index (χ1) is 12.7. The number of likely N-dealkylation sites (tertiary alicyclic amines) is 2. The molecule has 0 saturated carbocycles. The highest BCUT2D eigenvalue weighted by atomic mass is 16.2. The molecular formula is C19H27N5O2. The van der Waals surface area contributed by atoms with Crippen LogP contribution < -0.4 is 10.9 Å². The summed E-state index contributed by atoms with van der Waals surface area (Å²) in [6.07, 6.45) is 8.29. The molecule has 0 aromatic carbocycles. The fourth-order valence-corrected chi connectivity index (χ4v) is 4.31. The number of carbonyl (C=O) groups is 2. The van der Waals surface area contributed by atoms with Crippen LogP contribution in [0.4, 0.5) is 0 Å². The molecule has 3 saturated heterocycles. The fraction of sp³-hybridized carbons (Fsp3) is 0.632. The van der Waals surface area contributed by atoms with E-state index in [2.05, 4.69) is 15.8 Å². The van der Waals surface area contributed by atoms with E-state index in [1.807, 2.05) is 28.1 Å². The lowest BCUT2D eigenvalue weighted by Gasteiger charge is -2.35. The maximum absolute atomic E-state index is 12.9. The van der Waals surface area contributed by atoms with E-state index in [0.717, 1.165) is 50.9 Å². The monoisotopic (exact) mass is 357 g/mol. The average molecular weight is 357 g/mol. The van der Waals surface area contributed by atoms with Gasteiger partial charge >= 0.3 is 0 Å². The first kappa shape index (κ1) is 17.4. The van der Waals surface area contributed by atoms with E-state index >= 15 is 0 Å². The quantitative estimate of drug-likeness (QED) is 0.839. The standard InChI is InChI=1S/C19H27N5O2/c25-18(23-8-1-2-9-23)15-6-4-10-24(13-15)19(26)17-11-16(21-22-17)14-5-3-7-20-12-14/h3,5,7,12,15-17,21-22H,1-2,4,6,8-11,13H2. The van der Waals surface area contributed by atoms with E-state index in [4.69, 9.17) is 0 Å². The summed E-state index contributed by atoms with van der Waals surface area (Å²) < 4.78 is 0. The third kappa shape index (κ3) is 3.59. The minimum atomic E-state index is -0.249. The lowest BCUT2D eigenvalue weighted by atomic mass is 9.95. The predicted molar refractivity (Wildman–Crippen MR) is 96.8 cm³/mol. The van der Waals surface area contributed by atoms with Gasteiger partial charge in [0.1, 0.15) is 6.04 Å². The molecule has 0 spiro atoms. The van der Waals surface area contributed by atoms with Crippen LogP contribution in [-0.2, 0) is 9.59 Å². The van der Waals surface area contributed by atoms with Gasteiger partial charge in [0.25, 0.3) is 0 Å². The lowest BCUT2D eigenvalue weighted by molar-refractivity contribution is -0.141. The number of pyridine rings is 1. The molecule has 1 aromatic rings. The average Bonchev–Trinajstić information content (AvgIpc) is 3.40. The summed E-state index contributed by atoms with van der Waals surface area (Å²) in [5, 5.41) is 0. The number of hydrazine groups is 1. The number of amides is 2. The molecule has 1 aromatic heterocycles. The summed E-state index contributed by atoms with van der Waals surface area (Å²) in [5.41, 5.74) is 7.43. The van der Waals surface area contributed by atoms with Crippen molar-refractivity contribution < 1.29 is 9.59 Å². The minimum absolute atomic E-state index is 0.0331. The van der Waals surface area contributed by atoms with Gasteiger partial charge in [-0.25, -0.2) is 10.9 Å². The molecular weight excluding hydrogens is 330 g/mol. The maximum Gasteiger partial charge on any atom is 0.241 e. The van der Waals surface area contributed by atoms with Crippen molar-refractivity contribution in [1.82, 2.24) is 25.6 Å². The summed E-state index contributed by atoms with van der Waals surface area (Å²) >= 11 is 0. The van der Waals surface area contributed by atoms with Crippen LogP contribution in [0.1, 0.15) is 43.7 Å². The second-order valence-electron chi connectivity index (χ2n) is 7.57. The molecule has 3 aliphatic heterocycles. The Morgan fingerprint density at radius 1 is 1.04 bits per heavy atom. The van der Waals surface area contributed by atoms with Gasteiger partial charge in [0.05, 0.1) is 5.92 Å².